The van der Waals surface area contributed by atoms with Crippen LogP contribution in [-0.4, -0.2) is 25.5 Å². The molecule has 0 spiro atoms. The van der Waals surface area contributed by atoms with Crippen LogP contribution in [0.15, 0.2) is 24.3 Å². The summed E-state index contributed by atoms with van der Waals surface area (Å²) in [4.78, 5) is 23.6. The van der Waals surface area contributed by atoms with E-state index in [-0.39, 0.29) is 24.3 Å². The minimum Gasteiger partial charge on any atom is -0.497 e. The van der Waals surface area contributed by atoms with E-state index in [1.807, 2.05) is 31.2 Å². The number of carbonyl (C=O) groups excluding carboxylic acids is 2. The van der Waals surface area contributed by atoms with E-state index in [0.29, 0.717) is 6.54 Å². The van der Waals surface area contributed by atoms with E-state index in [0.717, 1.165) is 11.3 Å². The number of rotatable bonds is 4. The van der Waals surface area contributed by atoms with Crippen molar-refractivity contribution in [1.29, 1.82) is 0 Å². The van der Waals surface area contributed by atoms with Crippen molar-refractivity contribution in [3.05, 3.63) is 29.8 Å². The summed E-state index contributed by atoms with van der Waals surface area (Å²) in [6.07, 6.45) is 0.244. The average Bonchev–Trinajstić information content (AvgIpc) is 2.80. The van der Waals surface area contributed by atoms with Gasteiger partial charge in [-0.15, -0.1) is 0 Å². The molecule has 1 heterocycles. The Bertz CT molecular complexity index is 512. The first-order chi connectivity index (χ1) is 9.44. The van der Waals surface area contributed by atoms with Gasteiger partial charge < -0.3 is 15.4 Å². The van der Waals surface area contributed by atoms with E-state index < -0.39 is 5.41 Å². The monoisotopic (exact) mass is 276 g/mol. The van der Waals surface area contributed by atoms with Crippen molar-refractivity contribution in [2.75, 3.05) is 13.7 Å². The van der Waals surface area contributed by atoms with E-state index >= 15 is 0 Å². The molecule has 1 aromatic carbocycles. The van der Waals surface area contributed by atoms with Crippen molar-refractivity contribution >= 4 is 11.8 Å². The largest absolute Gasteiger partial charge is 0.497 e. The highest BCUT2D eigenvalue weighted by Crippen LogP contribution is 2.27. The van der Waals surface area contributed by atoms with Gasteiger partial charge in [0.25, 0.3) is 0 Å². The molecule has 5 nitrogen and oxygen atoms in total. The Morgan fingerprint density at radius 1 is 1.40 bits per heavy atom. The molecule has 108 valence electrons. The second-order valence-corrected chi connectivity index (χ2v) is 5.48. The Labute approximate surface area is 118 Å². The van der Waals surface area contributed by atoms with Gasteiger partial charge in [0.2, 0.25) is 11.8 Å². The average molecular weight is 276 g/mol. The van der Waals surface area contributed by atoms with Crippen LogP contribution in [0.3, 0.4) is 0 Å². The third-order valence-corrected chi connectivity index (χ3v) is 3.74. The minimum absolute atomic E-state index is 0.0697. The molecule has 20 heavy (non-hydrogen) atoms. The number of carbonyl (C=O) groups is 2. The minimum atomic E-state index is -0.655. The second-order valence-electron chi connectivity index (χ2n) is 5.48. The molecule has 0 aromatic heterocycles. The van der Waals surface area contributed by atoms with Crippen molar-refractivity contribution in [2.24, 2.45) is 5.41 Å². The number of hydrogen-bond acceptors (Lipinski definition) is 3. The number of benzene rings is 1. The maximum atomic E-state index is 12.3. The number of nitrogens with one attached hydrogen (secondary N) is 2. The fourth-order valence-corrected chi connectivity index (χ4v) is 2.28. The Balaban J connectivity index is 2.01. The molecule has 2 atom stereocenters. The molecule has 2 unspecified atom stereocenters. The van der Waals surface area contributed by atoms with Crippen molar-refractivity contribution < 1.29 is 14.3 Å². The van der Waals surface area contributed by atoms with E-state index in [1.54, 1.807) is 14.0 Å². The van der Waals surface area contributed by atoms with Gasteiger partial charge in [0.15, 0.2) is 0 Å². The van der Waals surface area contributed by atoms with Crippen LogP contribution in [0.1, 0.15) is 31.9 Å². The fourth-order valence-electron chi connectivity index (χ4n) is 2.28. The summed E-state index contributed by atoms with van der Waals surface area (Å²) in [7, 11) is 1.62. The first-order valence-electron chi connectivity index (χ1n) is 6.66. The van der Waals surface area contributed by atoms with Crippen LogP contribution in [0.25, 0.3) is 0 Å². The van der Waals surface area contributed by atoms with E-state index in [9.17, 15) is 9.59 Å². The molecule has 1 aromatic rings. The first-order valence-corrected chi connectivity index (χ1v) is 6.66. The third-order valence-electron chi connectivity index (χ3n) is 3.74. The lowest BCUT2D eigenvalue weighted by Crippen LogP contribution is -2.41. The predicted molar refractivity (Wildman–Crippen MR) is 75.3 cm³/mol. The van der Waals surface area contributed by atoms with Crippen molar-refractivity contribution in [3.63, 3.8) is 0 Å². The Morgan fingerprint density at radius 2 is 2.05 bits per heavy atom. The molecule has 2 rings (SSSR count). The molecule has 1 aliphatic heterocycles. The topological polar surface area (TPSA) is 67.4 Å². The lowest BCUT2D eigenvalue weighted by Gasteiger charge is -2.24. The van der Waals surface area contributed by atoms with Crippen LogP contribution >= 0.6 is 0 Å². The number of methoxy groups -OCH3 is 1. The number of amides is 2. The van der Waals surface area contributed by atoms with Gasteiger partial charge in [-0.05, 0) is 31.5 Å². The summed E-state index contributed by atoms with van der Waals surface area (Å²) in [5.74, 6) is 0.615. The van der Waals surface area contributed by atoms with Crippen LogP contribution in [0, 0.1) is 5.41 Å². The predicted octanol–water partition coefficient (Wildman–Crippen LogP) is 1.40. The SMILES string of the molecule is COc1ccc(C(C)NC(=O)C2(C)CNC(=O)C2)cc1. The van der Waals surface area contributed by atoms with Gasteiger partial charge in [0, 0.05) is 13.0 Å². The highest BCUT2D eigenvalue weighted by Gasteiger charge is 2.41. The molecule has 1 aliphatic rings. The van der Waals surface area contributed by atoms with Crippen molar-refractivity contribution in [2.45, 2.75) is 26.3 Å². The molecule has 0 bridgehead atoms. The summed E-state index contributed by atoms with van der Waals surface area (Å²) >= 11 is 0. The van der Waals surface area contributed by atoms with Gasteiger partial charge in [-0.25, -0.2) is 0 Å². The molecule has 2 N–H and O–H groups in total. The summed E-state index contributed by atoms with van der Waals surface area (Å²) in [5, 5.41) is 5.67. The highest BCUT2D eigenvalue weighted by molar-refractivity contribution is 5.92. The smallest absolute Gasteiger partial charge is 0.228 e. The molecular formula is C15H20N2O3. The normalized spacial score (nSPS) is 23.1. The molecule has 5 heteroatoms. The first kappa shape index (κ1) is 14.4. The van der Waals surface area contributed by atoms with Crippen LogP contribution in [0.2, 0.25) is 0 Å². The van der Waals surface area contributed by atoms with Crippen LogP contribution in [0.4, 0.5) is 0 Å². The van der Waals surface area contributed by atoms with E-state index in [4.69, 9.17) is 4.74 Å². The van der Waals surface area contributed by atoms with Crippen LogP contribution < -0.4 is 15.4 Å². The molecule has 0 aliphatic carbocycles. The lowest BCUT2D eigenvalue weighted by molar-refractivity contribution is -0.131. The van der Waals surface area contributed by atoms with Crippen LogP contribution in [0.5, 0.6) is 5.75 Å². The van der Waals surface area contributed by atoms with Gasteiger partial charge in [-0.2, -0.15) is 0 Å². The quantitative estimate of drug-likeness (QED) is 0.873. The Morgan fingerprint density at radius 3 is 2.55 bits per heavy atom. The highest BCUT2D eigenvalue weighted by atomic mass is 16.5. The Kier molecular flexibility index (Phi) is 3.97. The summed E-state index contributed by atoms with van der Waals surface area (Å²) in [6.45, 7) is 4.13. The van der Waals surface area contributed by atoms with Gasteiger partial charge in [0.05, 0.1) is 18.6 Å². The standard InChI is InChI=1S/C15H20N2O3/c1-10(11-4-6-12(20-3)7-5-11)17-14(19)15(2)8-13(18)16-9-15/h4-7,10H,8-9H2,1-3H3,(H,16,18)(H,17,19). The lowest BCUT2D eigenvalue weighted by atomic mass is 9.88. The second kappa shape index (κ2) is 5.53. The zero-order chi connectivity index (χ0) is 14.8. The number of ether oxygens (including phenoxy) is 1. The zero-order valence-electron chi connectivity index (χ0n) is 12.0. The third kappa shape index (κ3) is 2.92. The molecule has 1 saturated heterocycles. The van der Waals surface area contributed by atoms with Crippen LogP contribution in [-0.2, 0) is 9.59 Å². The van der Waals surface area contributed by atoms with E-state index in [2.05, 4.69) is 10.6 Å². The summed E-state index contributed by atoms with van der Waals surface area (Å²) in [6, 6.07) is 7.45. The van der Waals surface area contributed by atoms with Gasteiger partial charge in [-0.3, -0.25) is 9.59 Å². The molecular weight excluding hydrogens is 256 g/mol. The fraction of sp³-hybridized carbons (Fsp3) is 0.467. The summed E-state index contributed by atoms with van der Waals surface area (Å²) < 4.78 is 5.11. The molecule has 1 fully saturated rings. The maximum Gasteiger partial charge on any atom is 0.228 e. The van der Waals surface area contributed by atoms with E-state index in [1.165, 1.54) is 0 Å². The van der Waals surface area contributed by atoms with Crippen molar-refractivity contribution in [1.82, 2.24) is 10.6 Å². The van der Waals surface area contributed by atoms with Gasteiger partial charge >= 0.3 is 0 Å². The maximum absolute atomic E-state index is 12.3. The Hall–Kier alpha value is -2.04. The molecule has 0 radical (unpaired) electrons. The van der Waals surface area contributed by atoms with Crippen molar-refractivity contribution in [3.8, 4) is 5.75 Å². The number of hydrogen-bond donors (Lipinski definition) is 2. The van der Waals surface area contributed by atoms with Gasteiger partial charge in [0.1, 0.15) is 5.75 Å². The van der Waals surface area contributed by atoms with Gasteiger partial charge in [-0.1, -0.05) is 12.1 Å². The molecule has 2 amide bonds. The zero-order valence-corrected chi connectivity index (χ0v) is 12.0. The molecule has 0 saturated carbocycles. The summed E-state index contributed by atoms with van der Waals surface area (Å²) in [5.41, 5.74) is 0.345.